The number of anilines is 1. The van der Waals surface area contributed by atoms with E-state index in [1.165, 1.54) is 18.0 Å². The molecule has 3 aliphatic carbocycles. The van der Waals surface area contributed by atoms with Crippen LogP contribution in [0.4, 0.5) is 10.1 Å². The third-order valence-corrected chi connectivity index (χ3v) is 11.3. The van der Waals surface area contributed by atoms with Crippen LogP contribution in [0.2, 0.25) is 5.02 Å². The monoisotopic (exact) mass is 614 g/mol. The van der Waals surface area contributed by atoms with Crippen LogP contribution in [0.1, 0.15) is 46.8 Å². The van der Waals surface area contributed by atoms with Gasteiger partial charge >= 0.3 is 0 Å². The van der Waals surface area contributed by atoms with Crippen LogP contribution in [0.3, 0.4) is 0 Å². The van der Waals surface area contributed by atoms with E-state index in [9.17, 15) is 14.3 Å². The van der Waals surface area contributed by atoms with E-state index in [1.54, 1.807) is 6.07 Å². The Morgan fingerprint density at radius 2 is 2.09 bits per heavy atom. The van der Waals surface area contributed by atoms with Crippen LogP contribution < -0.4 is 10.0 Å². The Labute approximate surface area is 254 Å². The lowest BCUT2D eigenvalue weighted by Gasteiger charge is -2.80. The summed E-state index contributed by atoms with van der Waals surface area (Å²) in [5.74, 6) is -0.161. The molecule has 3 fully saturated rings. The molecule has 8 rings (SSSR count). The van der Waals surface area contributed by atoms with Crippen molar-refractivity contribution in [2.24, 2.45) is 17.3 Å². The van der Waals surface area contributed by atoms with E-state index in [4.69, 9.17) is 21.4 Å². The number of benzene rings is 1. The van der Waals surface area contributed by atoms with E-state index < -0.39 is 17.5 Å². The van der Waals surface area contributed by atoms with Crippen molar-refractivity contribution in [3.63, 3.8) is 0 Å². The van der Waals surface area contributed by atoms with E-state index in [1.807, 2.05) is 53.1 Å². The Bertz CT molecular complexity index is 1880. The number of hydrogen-bond acceptors (Lipinski definition) is 8. The summed E-state index contributed by atoms with van der Waals surface area (Å²) in [4.78, 5) is 17.5. The largest absolute Gasteiger partial charge is 0.383 e. The molecule has 3 saturated carbocycles. The molecule has 1 aliphatic heterocycles. The number of aromatic nitrogens is 3. The molecule has 5 unspecified atom stereocenters. The first-order valence-electron chi connectivity index (χ1n) is 14.0. The molecule has 1 amide bonds. The minimum Gasteiger partial charge on any atom is -0.383 e. The lowest BCUT2D eigenvalue weighted by Crippen LogP contribution is -2.84. The predicted octanol–water partition coefficient (Wildman–Crippen LogP) is 5.76. The minimum atomic E-state index is -1.01. The number of rotatable bonds is 7. The number of hydrogen-bond donors (Lipinski definition) is 3. The molecule has 9 nitrogen and oxygen atoms in total. The van der Waals surface area contributed by atoms with Crippen LogP contribution in [0.25, 0.3) is 17.4 Å². The minimum absolute atomic E-state index is 0.121. The zero-order valence-electron chi connectivity index (χ0n) is 22.6. The normalized spacial score (nSPS) is 27.6. The number of nitrogens with one attached hydrogen (secondary N) is 2. The van der Waals surface area contributed by atoms with Gasteiger partial charge in [-0.15, -0.1) is 0 Å². The Hall–Kier alpha value is -3.95. The fraction of sp³-hybridized carbons (Fsp3) is 0.290. The number of pyridine rings is 1. The molecule has 43 heavy (non-hydrogen) atoms. The van der Waals surface area contributed by atoms with Crippen molar-refractivity contribution in [3.8, 4) is 17.4 Å². The van der Waals surface area contributed by atoms with Crippen LogP contribution >= 0.6 is 23.5 Å². The number of nitrogens with zero attached hydrogens (tertiary/aromatic N) is 4. The second kappa shape index (κ2) is 9.53. The molecule has 0 saturated heterocycles. The lowest BCUT2D eigenvalue weighted by molar-refractivity contribution is -0.367. The highest BCUT2D eigenvalue weighted by Crippen LogP contribution is 2.81. The third-order valence-electron chi connectivity index (χ3n) is 9.78. The number of fused-ring (bicyclic) bond motifs is 1. The first kappa shape index (κ1) is 26.7. The highest BCUT2D eigenvalue weighted by Gasteiger charge is 2.82. The van der Waals surface area contributed by atoms with Crippen molar-refractivity contribution < 1.29 is 18.8 Å². The number of nitriles is 1. The summed E-state index contributed by atoms with van der Waals surface area (Å²) in [7, 11) is 0. The highest BCUT2D eigenvalue weighted by atomic mass is 35.5. The second-order valence-electron chi connectivity index (χ2n) is 11.6. The van der Waals surface area contributed by atoms with Crippen LogP contribution in [-0.4, -0.2) is 31.8 Å². The van der Waals surface area contributed by atoms with Crippen molar-refractivity contribution in [1.82, 2.24) is 19.4 Å². The number of allylic oxidation sites excluding steroid dienone is 1. The van der Waals surface area contributed by atoms with Gasteiger partial charge in [0.1, 0.15) is 28.8 Å². The van der Waals surface area contributed by atoms with Gasteiger partial charge < -0.3 is 19.5 Å². The summed E-state index contributed by atoms with van der Waals surface area (Å²) < 4.78 is 24.9. The maximum atomic E-state index is 13.8. The fourth-order valence-corrected chi connectivity index (χ4v) is 9.21. The molecule has 1 spiro atoms. The molecule has 0 bridgehead atoms. The molecule has 0 radical (unpaired) electrons. The predicted molar refractivity (Wildman–Crippen MR) is 157 cm³/mol. The van der Waals surface area contributed by atoms with Crippen LogP contribution in [0, 0.1) is 34.5 Å². The molecular formula is C31H24ClFN6O3S. The van der Waals surface area contributed by atoms with Gasteiger partial charge in [0.25, 0.3) is 5.91 Å². The fourth-order valence-electron chi connectivity index (χ4n) is 7.76. The number of carbonyl (C=O) groups is 1. The van der Waals surface area contributed by atoms with Gasteiger partial charge in [-0.3, -0.25) is 9.52 Å². The second-order valence-corrected chi connectivity index (χ2v) is 12.8. The molecule has 4 aliphatic rings. The van der Waals surface area contributed by atoms with Gasteiger partial charge in [-0.05, 0) is 55.2 Å². The van der Waals surface area contributed by atoms with Crippen LogP contribution in [-0.2, 0) is 12.1 Å². The van der Waals surface area contributed by atoms with Gasteiger partial charge in [0.05, 0.1) is 15.6 Å². The van der Waals surface area contributed by atoms with Crippen molar-refractivity contribution in [1.29, 1.82) is 5.26 Å². The van der Waals surface area contributed by atoms with Gasteiger partial charge in [-0.2, -0.15) is 9.65 Å². The zero-order chi connectivity index (χ0) is 29.5. The molecular weight excluding hydrogens is 591 g/mol. The Morgan fingerprint density at radius 1 is 1.26 bits per heavy atom. The molecule has 4 heterocycles. The Morgan fingerprint density at radius 3 is 2.84 bits per heavy atom. The number of aliphatic hydroxyl groups is 1. The van der Waals surface area contributed by atoms with Crippen molar-refractivity contribution >= 4 is 41.2 Å². The zero-order valence-corrected chi connectivity index (χ0v) is 24.1. The molecule has 216 valence electrons. The van der Waals surface area contributed by atoms with E-state index in [2.05, 4.69) is 20.2 Å². The first-order chi connectivity index (χ1) is 20.8. The quantitative estimate of drug-likeness (QED) is 0.177. The smallest absolute Gasteiger partial charge is 0.273 e. The lowest BCUT2D eigenvalue weighted by atomic mass is 9.26. The van der Waals surface area contributed by atoms with Crippen LogP contribution in [0.5, 0.6) is 0 Å². The maximum absolute atomic E-state index is 13.8. The first-order valence-corrected chi connectivity index (χ1v) is 15.2. The summed E-state index contributed by atoms with van der Waals surface area (Å²) in [6.45, 7) is 0.472. The van der Waals surface area contributed by atoms with E-state index >= 15 is 0 Å². The molecule has 1 aromatic carbocycles. The Balaban J connectivity index is 0.991. The summed E-state index contributed by atoms with van der Waals surface area (Å²) in [5, 5.41) is 28.2. The molecule has 3 aromatic heterocycles. The summed E-state index contributed by atoms with van der Waals surface area (Å²) in [5.41, 5.74) is 1.35. The summed E-state index contributed by atoms with van der Waals surface area (Å²) >= 11 is 8.20. The maximum Gasteiger partial charge on any atom is 0.273 e. The van der Waals surface area contributed by atoms with Crippen molar-refractivity contribution in [2.75, 3.05) is 5.32 Å². The van der Waals surface area contributed by atoms with Crippen molar-refractivity contribution in [3.05, 3.63) is 88.4 Å². The molecule has 4 aromatic rings. The summed E-state index contributed by atoms with van der Waals surface area (Å²) in [6, 6.07) is 15.9. The van der Waals surface area contributed by atoms with Gasteiger partial charge in [0.2, 0.25) is 5.95 Å². The topological polar surface area (TPSA) is 129 Å². The van der Waals surface area contributed by atoms with E-state index in [0.29, 0.717) is 29.4 Å². The van der Waals surface area contributed by atoms with Gasteiger partial charge in [-0.1, -0.05) is 53.2 Å². The number of halogens is 2. The standard InChI is InChI=1S/C31H24ClFN6O3S/c32-25-27(29(40)36-17-11-18(15-34)35-24(33)12-17)39-10-4-7-21(39)28(25)43-38-26-19-8-9-30(19)20(26)14-31(30,41)23-13-22(42-37-23)16-5-2-1-3-6-16/h1-7,11-13,19-20,26,38,41H,8-10,14H2,(H,35,36,40). The van der Waals surface area contributed by atoms with E-state index in [0.717, 1.165) is 35.1 Å². The Kier molecular flexibility index (Phi) is 5.91. The van der Waals surface area contributed by atoms with Gasteiger partial charge in [-0.25, -0.2) is 4.98 Å². The highest BCUT2D eigenvalue weighted by molar-refractivity contribution is 7.97. The average molecular weight is 615 g/mol. The van der Waals surface area contributed by atoms with Gasteiger partial charge in [0.15, 0.2) is 5.76 Å². The van der Waals surface area contributed by atoms with E-state index in [-0.39, 0.29) is 40.4 Å². The van der Waals surface area contributed by atoms with Crippen molar-refractivity contribution in [2.45, 2.75) is 42.3 Å². The SMILES string of the molecule is N#Cc1cc(NC(=O)c2c(Cl)c(SNC3C4CCC45C3CC5(O)c3cc(-c4ccccc4)on3)c3n2CC=C3)cc(F)n1. The molecule has 3 N–H and O–H groups in total. The third kappa shape index (κ3) is 3.67. The number of carbonyl (C=O) groups excluding carboxylic acids is 1. The summed E-state index contributed by atoms with van der Waals surface area (Å²) in [6.07, 6.45) is 6.40. The van der Waals surface area contributed by atoms with Crippen LogP contribution in [0.15, 0.2) is 64.0 Å². The van der Waals surface area contributed by atoms with Gasteiger partial charge in [0, 0.05) is 41.4 Å². The average Bonchev–Trinajstić information content (AvgIpc) is 3.71. The molecule has 5 atom stereocenters. The number of amides is 1. The molecule has 12 heteroatoms.